The van der Waals surface area contributed by atoms with Gasteiger partial charge in [0.25, 0.3) is 0 Å². The average Bonchev–Trinajstić information content (AvgIpc) is 2.41. The number of nitrogen functional groups attached to an aromatic ring is 1. The number of benzene rings is 1. The number of nitrogens with one attached hydrogen (secondary N) is 2. The van der Waals surface area contributed by atoms with E-state index in [1.165, 1.54) is 12.6 Å². The van der Waals surface area contributed by atoms with Crippen LogP contribution in [0.2, 0.25) is 0 Å². The third-order valence-electron chi connectivity index (χ3n) is 3.54. The molecule has 1 saturated heterocycles. The fourth-order valence-electron chi connectivity index (χ4n) is 2.61. The van der Waals surface area contributed by atoms with E-state index >= 15 is 0 Å². The molecule has 0 spiro atoms. The Morgan fingerprint density at radius 2 is 2.21 bits per heavy atom. The molecule has 1 fully saturated rings. The minimum absolute atomic E-state index is 0.0519. The summed E-state index contributed by atoms with van der Waals surface area (Å²) in [5.41, 5.74) is 9.65. The Labute approximate surface area is 114 Å². The van der Waals surface area contributed by atoms with E-state index in [-0.39, 0.29) is 6.23 Å². The summed E-state index contributed by atoms with van der Waals surface area (Å²) < 4.78 is 5.69. The van der Waals surface area contributed by atoms with E-state index in [0.717, 1.165) is 42.0 Å². The molecule has 4 heteroatoms. The van der Waals surface area contributed by atoms with Gasteiger partial charge in [-0.05, 0) is 42.9 Å². The molecule has 1 aromatic carbocycles. The van der Waals surface area contributed by atoms with Gasteiger partial charge in [-0.2, -0.15) is 0 Å². The third-order valence-corrected chi connectivity index (χ3v) is 3.54. The molecule has 1 aromatic rings. The number of nitrogens with two attached hydrogens (primary N) is 1. The van der Waals surface area contributed by atoms with Gasteiger partial charge in [0.15, 0.2) is 0 Å². The second kappa shape index (κ2) is 6.06. The normalized spacial score (nSPS) is 19.4. The standard InChI is InChI=1S/C15H23N3O/c1-10(2)15-11(9-16)13(7-6-12(15)17)18-14-5-3-4-8-19-14/h6-7,9-10,14,16,18H,3-5,8,17H2,1-2H3. The fourth-order valence-corrected chi connectivity index (χ4v) is 2.61. The number of anilines is 2. The van der Waals surface area contributed by atoms with Gasteiger partial charge in [0, 0.05) is 29.8 Å². The fraction of sp³-hybridized carbons (Fsp3) is 0.533. The lowest BCUT2D eigenvalue weighted by Crippen LogP contribution is -2.28. The molecule has 0 bridgehead atoms. The molecule has 0 amide bonds. The Bertz CT molecular complexity index is 451. The molecule has 1 atom stereocenters. The topological polar surface area (TPSA) is 71.1 Å². The van der Waals surface area contributed by atoms with E-state index < -0.39 is 0 Å². The quantitative estimate of drug-likeness (QED) is 0.575. The van der Waals surface area contributed by atoms with Crippen molar-refractivity contribution in [2.24, 2.45) is 0 Å². The molecule has 0 aliphatic carbocycles. The van der Waals surface area contributed by atoms with Crippen LogP contribution in [0.15, 0.2) is 12.1 Å². The van der Waals surface area contributed by atoms with Gasteiger partial charge in [-0.3, -0.25) is 0 Å². The average molecular weight is 261 g/mol. The van der Waals surface area contributed by atoms with Crippen LogP contribution in [-0.4, -0.2) is 19.0 Å². The highest BCUT2D eigenvalue weighted by Gasteiger charge is 2.18. The minimum Gasteiger partial charge on any atom is -0.398 e. The lowest BCUT2D eigenvalue weighted by Gasteiger charge is -2.26. The zero-order valence-corrected chi connectivity index (χ0v) is 11.7. The van der Waals surface area contributed by atoms with Crippen LogP contribution in [0.25, 0.3) is 0 Å². The van der Waals surface area contributed by atoms with Crippen LogP contribution in [0.5, 0.6) is 0 Å². The van der Waals surface area contributed by atoms with Crippen molar-refractivity contribution in [1.29, 1.82) is 5.41 Å². The molecular formula is C15H23N3O. The summed E-state index contributed by atoms with van der Waals surface area (Å²) in [6.45, 7) is 5.00. The third kappa shape index (κ3) is 3.07. The maximum absolute atomic E-state index is 7.67. The first-order valence-electron chi connectivity index (χ1n) is 6.94. The van der Waals surface area contributed by atoms with Crippen molar-refractivity contribution in [2.75, 3.05) is 17.7 Å². The second-order valence-corrected chi connectivity index (χ2v) is 5.33. The molecule has 4 nitrogen and oxygen atoms in total. The first-order chi connectivity index (χ1) is 9.13. The number of hydrogen-bond acceptors (Lipinski definition) is 4. The molecule has 1 unspecified atom stereocenters. The Morgan fingerprint density at radius 3 is 2.79 bits per heavy atom. The van der Waals surface area contributed by atoms with Crippen LogP contribution in [0.3, 0.4) is 0 Å². The van der Waals surface area contributed by atoms with Crippen molar-refractivity contribution in [3.8, 4) is 0 Å². The van der Waals surface area contributed by atoms with Crippen LogP contribution in [0.4, 0.5) is 11.4 Å². The Kier molecular flexibility index (Phi) is 4.43. The lowest BCUT2D eigenvalue weighted by atomic mass is 9.94. The van der Waals surface area contributed by atoms with Crippen LogP contribution in [0, 0.1) is 5.41 Å². The van der Waals surface area contributed by atoms with Gasteiger partial charge in [0.1, 0.15) is 6.23 Å². The zero-order valence-electron chi connectivity index (χ0n) is 11.7. The van der Waals surface area contributed by atoms with Crippen LogP contribution < -0.4 is 11.1 Å². The Hall–Kier alpha value is -1.55. The van der Waals surface area contributed by atoms with Gasteiger partial charge < -0.3 is 21.2 Å². The first kappa shape index (κ1) is 13.9. The van der Waals surface area contributed by atoms with Crippen molar-refractivity contribution < 1.29 is 4.74 Å². The van der Waals surface area contributed by atoms with Crippen molar-refractivity contribution in [3.63, 3.8) is 0 Å². The lowest BCUT2D eigenvalue weighted by molar-refractivity contribution is 0.0343. The molecule has 104 valence electrons. The highest BCUT2D eigenvalue weighted by atomic mass is 16.5. The molecule has 0 saturated carbocycles. The van der Waals surface area contributed by atoms with Crippen LogP contribution in [0.1, 0.15) is 50.2 Å². The monoisotopic (exact) mass is 261 g/mol. The molecule has 4 N–H and O–H groups in total. The summed E-state index contributed by atoms with van der Waals surface area (Å²) in [7, 11) is 0. The van der Waals surface area contributed by atoms with Crippen LogP contribution in [-0.2, 0) is 4.74 Å². The van der Waals surface area contributed by atoms with Gasteiger partial charge in [-0.25, -0.2) is 0 Å². The highest BCUT2D eigenvalue weighted by molar-refractivity contribution is 5.90. The summed E-state index contributed by atoms with van der Waals surface area (Å²) >= 11 is 0. The summed E-state index contributed by atoms with van der Waals surface area (Å²) in [5, 5.41) is 11.1. The van der Waals surface area contributed by atoms with Crippen molar-refractivity contribution in [3.05, 3.63) is 23.3 Å². The number of rotatable bonds is 4. The van der Waals surface area contributed by atoms with E-state index in [1.54, 1.807) is 0 Å². The minimum atomic E-state index is 0.0519. The number of ether oxygens (including phenoxy) is 1. The molecule has 0 radical (unpaired) electrons. The Morgan fingerprint density at radius 1 is 1.42 bits per heavy atom. The van der Waals surface area contributed by atoms with E-state index in [9.17, 15) is 0 Å². The maximum atomic E-state index is 7.67. The van der Waals surface area contributed by atoms with Gasteiger partial charge in [0.05, 0.1) is 0 Å². The summed E-state index contributed by atoms with van der Waals surface area (Å²) in [6.07, 6.45) is 4.77. The van der Waals surface area contributed by atoms with Crippen molar-refractivity contribution >= 4 is 17.6 Å². The number of hydrogen-bond donors (Lipinski definition) is 3. The predicted molar refractivity (Wildman–Crippen MR) is 80.0 cm³/mol. The summed E-state index contributed by atoms with van der Waals surface area (Å²) in [4.78, 5) is 0. The van der Waals surface area contributed by atoms with Gasteiger partial charge in [0.2, 0.25) is 0 Å². The van der Waals surface area contributed by atoms with Gasteiger partial charge in [-0.1, -0.05) is 13.8 Å². The van der Waals surface area contributed by atoms with E-state index in [0.29, 0.717) is 5.92 Å². The van der Waals surface area contributed by atoms with E-state index in [2.05, 4.69) is 19.2 Å². The first-order valence-corrected chi connectivity index (χ1v) is 6.94. The molecule has 19 heavy (non-hydrogen) atoms. The van der Waals surface area contributed by atoms with E-state index in [4.69, 9.17) is 15.9 Å². The van der Waals surface area contributed by atoms with Crippen molar-refractivity contribution in [1.82, 2.24) is 0 Å². The van der Waals surface area contributed by atoms with Crippen molar-refractivity contribution in [2.45, 2.75) is 45.3 Å². The van der Waals surface area contributed by atoms with Crippen LogP contribution >= 0.6 is 0 Å². The molecule has 1 heterocycles. The Balaban J connectivity index is 2.29. The molecular weight excluding hydrogens is 238 g/mol. The molecule has 0 aromatic heterocycles. The maximum Gasteiger partial charge on any atom is 0.127 e. The predicted octanol–water partition coefficient (Wildman–Crippen LogP) is 3.33. The zero-order chi connectivity index (χ0) is 13.8. The largest absolute Gasteiger partial charge is 0.398 e. The van der Waals surface area contributed by atoms with E-state index in [1.807, 2.05) is 12.1 Å². The molecule has 1 aliphatic heterocycles. The molecule has 1 aliphatic rings. The van der Waals surface area contributed by atoms with Gasteiger partial charge >= 0.3 is 0 Å². The molecule has 2 rings (SSSR count). The smallest absolute Gasteiger partial charge is 0.127 e. The SMILES string of the molecule is CC(C)c1c(N)ccc(NC2CCCCO2)c1C=N. The second-order valence-electron chi connectivity index (χ2n) is 5.33. The van der Waals surface area contributed by atoms with Gasteiger partial charge in [-0.15, -0.1) is 0 Å². The summed E-state index contributed by atoms with van der Waals surface area (Å²) in [5.74, 6) is 0.297. The summed E-state index contributed by atoms with van der Waals surface area (Å²) in [6, 6.07) is 3.85. The highest BCUT2D eigenvalue weighted by Crippen LogP contribution is 2.31.